The molecule has 5 aliphatic rings. The van der Waals surface area contributed by atoms with Gasteiger partial charge < -0.3 is 58.0 Å². The molecule has 8 rings (SSSR count). The number of aliphatic hydroxyl groups excluding tert-OH is 2. The van der Waals surface area contributed by atoms with E-state index in [1.807, 2.05) is 5.38 Å². The number of methoxy groups -OCH3 is 2. The van der Waals surface area contributed by atoms with E-state index in [1.165, 1.54) is 23.5 Å². The maximum atomic E-state index is 13.9. The van der Waals surface area contributed by atoms with Gasteiger partial charge in [-0.1, -0.05) is 6.07 Å². The van der Waals surface area contributed by atoms with Gasteiger partial charge >= 0.3 is 5.97 Å². The Balaban J connectivity index is 1.24. The molecule has 0 spiro atoms. The number of benzene rings is 2. The van der Waals surface area contributed by atoms with Gasteiger partial charge in [-0.25, -0.2) is 0 Å². The Morgan fingerprint density at radius 1 is 1.02 bits per heavy atom. The molecule has 1 aliphatic carbocycles. The smallest absolute Gasteiger partial charge is 0.310 e. The number of carbonyl (C=O) groups is 1. The molecule has 3 aromatic rings. The summed E-state index contributed by atoms with van der Waals surface area (Å²) >= 11 is 1.36. The van der Waals surface area contributed by atoms with Crippen molar-refractivity contribution in [3.05, 3.63) is 63.3 Å². The van der Waals surface area contributed by atoms with Crippen molar-refractivity contribution in [2.75, 3.05) is 34.0 Å². The Morgan fingerprint density at radius 3 is 2.50 bits per heavy atom. The average molecular weight is 666 g/mol. The van der Waals surface area contributed by atoms with E-state index in [2.05, 4.69) is 0 Å². The van der Waals surface area contributed by atoms with E-state index in [-0.39, 0.29) is 41.6 Å². The number of fused-ring (bicyclic) bond motifs is 4. The SMILES string of the molecule is [2H]C([2H])([2H])Oc1cc([C@@H]2c3cc4c(cc3[C@@H](O[C@@H]3O[C@@H]5CO[C@@H](c6cccs6)O[C@H]5[C@H](O)[C@H]3O)[C@H]3C([2H])([2H])OC(=O)[C@]23[2H])OCO4)cc(OC([2H])([2H])[2H])c1O. The second-order valence-corrected chi connectivity index (χ2v) is 12.1. The highest BCUT2D eigenvalue weighted by Crippen LogP contribution is 2.57. The zero-order valence-electron chi connectivity index (χ0n) is 32.5. The number of aromatic hydroxyl groups is 1. The number of hydrogen-bond acceptors (Lipinski definition) is 14. The minimum Gasteiger partial charge on any atom is -0.502 e. The second kappa shape index (κ2) is 11.6. The summed E-state index contributed by atoms with van der Waals surface area (Å²) in [6.07, 6.45) is -9.70. The van der Waals surface area contributed by atoms with E-state index < -0.39 is 105 Å². The van der Waals surface area contributed by atoms with E-state index in [0.29, 0.717) is 4.88 Å². The van der Waals surface area contributed by atoms with E-state index in [9.17, 15) is 21.5 Å². The molecule has 3 saturated heterocycles. The molecule has 3 fully saturated rings. The summed E-state index contributed by atoms with van der Waals surface area (Å²) in [6, 6.07) is 8.27. The first-order chi connectivity index (χ1) is 25.7. The molecular weight excluding hydrogens is 624 g/mol. The van der Waals surface area contributed by atoms with Crippen molar-refractivity contribution in [3.63, 3.8) is 0 Å². The highest BCUT2D eigenvalue weighted by atomic mass is 32.1. The minimum absolute atomic E-state index is 0.0346. The molecule has 3 N–H and O–H groups in total. The number of phenolic OH excluding ortho intramolecular Hbond substituents is 1. The fourth-order valence-corrected chi connectivity index (χ4v) is 7.25. The molecule has 0 bridgehead atoms. The van der Waals surface area contributed by atoms with Crippen LogP contribution in [0.1, 0.15) is 52.2 Å². The highest BCUT2D eigenvalue weighted by molar-refractivity contribution is 7.10. The van der Waals surface area contributed by atoms with Crippen molar-refractivity contribution in [2.24, 2.45) is 11.8 Å². The third-order valence-electron chi connectivity index (χ3n) is 8.66. The van der Waals surface area contributed by atoms with Gasteiger partial charge in [0.25, 0.3) is 0 Å². The van der Waals surface area contributed by atoms with Gasteiger partial charge in [0.1, 0.15) is 24.4 Å². The summed E-state index contributed by atoms with van der Waals surface area (Å²) in [7, 11) is -6.37. The van der Waals surface area contributed by atoms with Crippen LogP contribution in [0.2, 0.25) is 0 Å². The number of hydrogen-bond donors (Lipinski definition) is 3. The maximum Gasteiger partial charge on any atom is 0.310 e. The lowest BCUT2D eigenvalue weighted by Gasteiger charge is -2.48. The largest absolute Gasteiger partial charge is 0.502 e. The molecule has 1 aromatic heterocycles. The molecule has 14 heteroatoms. The van der Waals surface area contributed by atoms with E-state index >= 15 is 0 Å². The van der Waals surface area contributed by atoms with Gasteiger partial charge in [-0.15, -0.1) is 11.3 Å². The van der Waals surface area contributed by atoms with Crippen molar-refractivity contribution in [1.82, 2.24) is 0 Å². The average Bonchev–Trinajstić information content (AvgIpc) is 3.82. The van der Waals surface area contributed by atoms with Crippen LogP contribution in [-0.2, 0) is 28.5 Å². The van der Waals surface area contributed by atoms with E-state index in [1.54, 1.807) is 12.1 Å². The number of ether oxygens (including phenoxy) is 9. The van der Waals surface area contributed by atoms with Gasteiger partial charge in [0.05, 0.1) is 55.1 Å². The highest BCUT2D eigenvalue weighted by Gasteiger charge is 2.56. The third-order valence-corrected chi connectivity index (χ3v) is 9.56. The van der Waals surface area contributed by atoms with E-state index in [0.717, 1.165) is 12.1 Å². The Bertz CT molecular complexity index is 1940. The van der Waals surface area contributed by atoms with Crippen LogP contribution in [0, 0.1) is 11.8 Å². The number of esters is 1. The van der Waals surface area contributed by atoms with Gasteiger partial charge in [0, 0.05) is 13.2 Å². The molecule has 10 atom stereocenters. The molecule has 0 amide bonds. The standard InChI is InChI=1S/C32H32O13S/c1-37-19-6-13(7-20(38-2)25(19)33)23-14-8-17-18(42-12-41-17)9-15(14)28(16-10-39-30(36)24(16)23)44-32-27(35)26(34)29-21(43-32)11-40-31(45-29)22-4-3-5-46-22/h3-9,16,21,23-24,26-29,31-35H,10-12H2,1-2H3/t16-,21+,23+,24-,26+,27+,28+,29+,31+,32-/m0/s1/i1D3,2D3,10D2,24D. The van der Waals surface area contributed by atoms with Gasteiger partial charge in [-0.2, -0.15) is 0 Å². The quantitative estimate of drug-likeness (QED) is 0.330. The number of phenols is 1. The summed E-state index contributed by atoms with van der Waals surface area (Å²) < 4.78 is 124. The molecule has 2 aromatic carbocycles. The Kier molecular flexibility index (Phi) is 5.35. The zero-order chi connectivity index (χ0) is 39.4. The predicted molar refractivity (Wildman–Crippen MR) is 156 cm³/mol. The van der Waals surface area contributed by atoms with Crippen LogP contribution < -0.4 is 18.9 Å². The van der Waals surface area contributed by atoms with Crippen molar-refractivity contribution in [3.8, 4) is 28.7 Å². The lowest BCUT2D eigenvalue weighted by molar-refractivity contribution is -0.368. The fourth-order valence-electron chi connectivity index (χ4n) is 6.54. The Morgan fingerprint density at radius 2 is 1.78 bits per heavy atom. The lowest BCUT2D eigenvalue weighted by atomic mass is 9.66. The van der Waals surface area contributed by atoms with Crippen LogP contribution in [0.5, 0.6) is 28.7 Å². The van der Waals surface area contributed by atoms with Crippen LogP contribution >= 0.6 is 11.3 Å². The van der Waals surface area contributed by atoms with Crippen LogP contribution in [0.4, 0.5) is 0 Å². The first kappa shape index (κ1) is 21.3. The Labute approximate surface area is 279 Å². The summed E-state index contributed by atoms with van der Waals surface area (Å²) in [4.78, 5) is 14.6. The monoisotopic (exact) mass is 665 g/mol. The Hall–Kier alpha value is -3.63. The van der Waals surface area contributed by atoms with Crippen molar-refractivity contribution >= 4 is 17.3 Å². The summed E-state index contributed by atoms with van der Waals surface area (Å²) in [6.45, 7) is -3.31. The number of thiophene rings is 1. The van der Waals surface area contributed by atoms with E-state index in [4.69, 9.17) is 53.6 Å². The lowest BCUT2D eigenvalue weighted by Crippen LogP contribution is -2.62. The summed E-state index contributed by atoms with van der Waals surface area (Å²) in [5.74, 6) is -10.0. The molecule has 46 heavy (non-hydrogen) atoms. The molecule has 0 radical (unpaired) electrons. The first-order valence-electron chi connectivity index (χ1n) is 18.6. The normalized spacial score (nSPS) is 40.4. The van der Waals surface area contributed by atoms with Gasteiger partial charge in [0.15, 0.2) is 35.6 Å². The molecule has 0 saturated carbocycles. The van der Waals surface area contributed by atoms with Gasteiger partial charge in [0.2, 0.25) is 12.5 Å². The molecule has 244 valence electrons. The van der Waals surface area contributed by atoms with Gasteiger partial charge in [-0.3, -0.25) is 4.79 Å². The number of rotatable bonds is 6. The zero-order valence-corrected chi connectivity index (χ0v) is 24.3. The van der Waals surface area contributed by atoms with Crippen LogP contribution in [0.25, 0.3) is 0 Å². The topological polar surface area (TPSA) is 161 Å². The molecule has 5 heterocycles. The number of cyclic esters (lactones) is 1. The van der Waals surface area contributed by atoms with Crippen LogP contribution in [-0.4, -0.2) is 86.0 Å². The molecular formula is C32H32O13S. The minimum atomic E-state index is -3.18. The third kappa shape index (κ3) is 4.70. The van der Waals surface area contributed by atoms with Crippen LogP contribution in [0.15, 0.2) is 41.8 Å². The number of carbonyl (C=O) groups excluding carboxylic acids is 1. The summed E-state index contributed by atoms with van der Waals surface area (Å²) in [5, 5.41) is 35.4. The predicted octanol–water partition coefficient (Wildman–Crippen LogP) is 2.75. The molecule has 0 unspecified atom stereocenters. The maximum absolute atomic E-state index is 13.9. The molecule has 13 nitrogen and oxygen atoms in total. The molecule has 4 aliphatic heterocycles. The van der Waals surface area contributed by atoms with Crippen molar-refractivity contribution in [2.45, 2.75) is 49.0 Å². The summed E-state index contributed by atoms with van der Waals surface area (Å²) in [5.41, 5.74) is -0.129. The van der Waals surface area contributed by atoms with Gasteiger partial charge in [-0.05, 0) is 52.4 Å². The number of aliphatic hydroxyl groups is 2. The van der Waals surface area contributed by atoms with Crippen molar-refractivity contribution < 1.29 is 75.1 Å². The first-order valence-corrected chi connectivity index (χ1v) is 15.0. The fraction of sp³-hybridized carbons (Fsp3) is 0.469. The van der Waals surface area contributed by atoms with Crippen molar-refractivity contribution in [1.29, 1.82) is 0 Å². The second-order valence-electron chi connectivity index (χ2n) is 11.1. The van der Waals surface area contributed by atoms with Crippen LogP contribution in [0.3, 0.4) is 0 Å².